The van der Waals surface area contributed by atoms with Gasteiger partial charge in [-0.25, -0.2) is 0 Å². The molecule has 0 aromatic heterocycles. The summed E-state index contributed by atoms with van der Waals surface area (Å²) in [5, 5.41) is 25.2. The molecule has 3 atom stereocenters. The Morgan fingerprint density at radius 2 is 1.64 bits per heavy atom. The first-order valence-corrected chi connectivity index (χ1v) is 10.7. The Labute approximate surface area is 151 Å². The molecule has 0 saturated heterocycles. The zero-order chi connectivity index (χ0) is 17.1. The van der Waals surface area contributed by atoms with E-state index in [1.54, 1.807) is 0 Å². The van der Waals surface area contributed by atoms with Crippen molar-refractivity contribution in [2.75, 3.05) is 6.54 Å². The lowest BCUT2D eigenvalue weighted by molar-refractivity contribution is 0.0455. The van der Waals surface area contributed by atoms with Crippen LogP contribution in [0.5, 0.6) is 0 Å². The van der Waals surface area contributed by atoms with Crippen molar-refractivity contribution in [3.8, 4) is 0 Å². The summed E-state index contributed by atoms with van der Waals surface area (Å²) in [4.78, 5) is 0. The second-order valence-corrected chi connectivity index (χ2v) is 8.73. The van der Waals surface area contributed by atoms with Crippen LogP contribution in [0.2, 0.25) is 0 Å². The van der Waals surface area contributed by atoms with E-state index in [0.29, 0.717) is 30.1 Å². The Bertz CT molecular complexity index is 447. The summed E-state index contributed by atoms with van der Waals surface area (Å²) in [7, 11) is 0. The van der Waals surface area contributed by atoms with Gasteiger partial charge in [0.25, 0.3) is 0 Å². The van der Waals surface area contributed by atoms with Crippen molar-refractivity contribution in [3.05, 3.63) is 5.21 Å². The average Bonchev–Trinajstić information content (AvgIpc) is 3.11. The summed E-state index contributed by atoms with van der Waals surface area (Å²) in [5.41, 5.74) is 2.27. The smallest absolute Gasteiger partial charge is 0.0965 e. The molecule has 1 N–H and O–H groups in total. The molecule has 3 unspecified atom stereocenters. The third-order valence-electron chi connectivity index (χ3n) is 7.08. The van der Waals surface area contributed by atoms with Crippen LogP contribution in [0.25, 0.3) is 0 Å². The van der Waals surface area contributed by atoms with Crippen molar-refractivity contribution in [2.24, 2.45) is 16.3 Å². The first-order valence-electron chi connectivity index (χ1n) is 10.7. The highest BCUT2D eigenvalue weighted by Crippen LogP contribution is 2.37. The Kier molecular flexibility index (Phi) is 5.88. The highest BCUT2D eigenvalue weighted by atomic mass is 16.5. The van der Waals surface area contributed by atoms with E-state index < -0.39 is 0 Å². The lowest BCUT2D eigenvalue weighted by Gasteiger charge is -2.44. The Balaban J connectivity index is 1.32. The van der Waals surface area contributed by atoms with E-state index in [9.17, 15) is 5.21 Å². The van der Waals surface area contributed by atoms with Gasteiger partial charge in [-0.15, -0.1) is 0 Å². The zero-order valence-corrected chi connectivity index (χ0v) is 15.5. The lowest BCUT2D eigenvalue weighted by atomic mass is 9.84. The summed E-state index contributed by atoms with van der Waals surface area (Å²) in [5.74, 6) is 0.692. The molecule has 0 bridgehead atoms. The Morgan fingerprint density at radius 3 is 2.36 bits per heavy atom. The molecule has 0 aromatic carbocycles. The van der Waals surface area contributed by atoms with Crippen LogP contribution in [0.15, 0.2) is 10.3 Å². The highest BCUT2D eigenvalue weighted by molar-refractivity contribution is 4.97. The van der Waals surface area contributed by atoms with Crippen LogP contribution in [-0.2, 0) is 0 Å². The van der Waals surface area contributed by atoms with Gasteiger partial charge in [-0.05, 0) is 50.9 Å². The van der Waals surface area contributed by atoms with Gasteiger partial charge in [0.05, 0.1) is 12.1 Å². The minimum Gasteiger partial charge on any atom is -0.774 e. The number of hydrazine groups is 1. The largest absolute Gasteiger partial charge is 0.774 e. The fourth-order valence-electron chi connectivity index (χ4n) is 5.62. The normalized spacial score (nSPS) is 34.6. The van der Waals surface area contributed by atoms with E-state index in [0.717, 1.165) is 25.8 Å². The maximum Gasteiger partial charge on any atom is 0.0965 e. The molecule has 3 aliphatic carbocycles. The van der Waals surface area contributed by atoms with Gasteiger partial charge in [0.15, 0.2) is 0 Å². The maximum absolute atomic E-state index is 11.6. The number of nitrogens with one attached hydrogen (secondary N) is 1. The fraction of sp³-hybridized carbons (Fsp3) is 1.00. The molecule has 0 spiro atoms. The molecule has 6 nitrogen and oxygen atoms in total. The Hall–Kier alpha value is -0.720. The van der Waals surface area contributed by atoms with Crippen LogP contribution in [0.1, 0.15) is 83.5 Å². The topological polar surface area (TPSA) is 66.3 Å². The van der Waals surface area contributed by atoms with E-state index in [2.05, 4.69) is 20.9 Å². The molecule has 6 heteroatoms. The second-order valence-electron chi connectivity index (χ2n) is 8.73. The summed E-state index contributed by atoms with van der Waals surface area (Å²) in [6, 6.07) is 1.72. The fourth-order valence-corrected chi connectivity index (χ4v) is 5.62. The number of nitrogens with zero attached hydrogens (tertiary/aromatic N) is 4. The second kappa shape index (κ2) is 8.31. The molecular weight excluding hydrogens is 314 g/mol. The molecule has 142 valence electrons. The number of hydrogen-bond donors (Lipinski definition) is 1. The zero-order valence-electron chi connectivity index (χ0n) is 15.5. The summed E-state index contributed by atoms with van der Waals surface area (Å²) >= 11 is 0. The predicted molar refractivity (Wildman–Crippen MR) is 98.6 cm³/mol. The number of hydrogen-bond acceptors (Lipinski definition) is 6. The average molecular weight is 349 g/mol. The molecule has 25 heavy (non-hydrogen) atoms. The van der Waals surface area contributed by atoms with Crippen LogP contribution < -0.4 is 5.59 Å². The van der Waals surface area contributed by atoms with Crippen molar-refractivity contribution in [1.29, 1.82) is 0 Å². The first-order chi connectivity index (χ1) is 12.3. The quantitative estimate of drug-likeness (QED) is 0.757. The Morgan fingerprint density at radius 1 is 0.920 bits per heavy atom. The third kappa shape index (κ3) is 4.01. The van der Waals surface area contributed by atoms with Gasteiger partial charge >= 0.3 is 0 Å². The van der Waals surface area contributed by atoms with Gasteiger partial charge in [-0.2, -0.15) is 5.11 Å². The third-order valence-corrected chi connectivity index (χ3v) is 7.08. The van der Waals surface area contributed by atoms with E-state index in [1.165, 1.54) is 64.2 Å². The van der Waals surface area contributed by atoms with E-state index in [-0.39, 0.29) is 0 Å². The SMILES string of the molecule is [O-]NN(CC1CCCCC1)C1CCC2C(C1)N=NN2C1CCCCC1. The van der Waals surface area contributed by atoms with Crippen molar-refractivity contribution >= 4 is 0 Å². The van der Waals surface area contributed by atoms with Gasteiger partial charge in [0.1, 0.15) is 0 Å². The van der Waals surface area contributed by atoms with Crippen molar-refractivity contribution < 1.29 is 0 Å². The van der Waals surface area contributed by atoms with Gasteiger partial charge in [0.2, 0.25) is 0 Å². The molecule has 4 aliphatic rings. The first kappa shape index (κ1) is 17.7. The lowest BCUT2D eigenvalue weighted by Crippen LogP contribution is -2.53. The molecule has 4 rings (SSSR count). The number of fused-ring (bicyclic) bond motifs is 1. The highest BCUT2D eigenvalue weighted by Gasteiger charge is 2.42. The minimum absolute atomic E-state index is 0.294. The maximum atomic E-state index is 11.6. The van der Waals surface area contributed by atoms with Crippen molar-refractivity contribution in [1.82, 2.24) is 15.6 Å². The summed E-state index contributed by atoms with van der Waals surface area (Å²) < 4.78 is 0. The molecular formula is C19H34N5O-. The minimum atomic E-state index is 0.294. The van der Waals surface area contributed by atoms with Crippen LogP contribution in [0, 0.1) is 11.1 Å². The van der Waals surface area contributed by atoms with Crippen molar-refractivity contribution in [2.45, 2.75) is 108 Å². The molecule has 0 radical (unpaired) electrons. The standard InChI is InChI=1S/C19H34N5O/c25-22-23(14-15-7-3-1-4-8-15)17-11-12-19-18(13-17)20-21-24(19)16-9-5-2-6-10-16/h15-19,22H,1-14H2/q-1. The predicted octanol–water partition coefficient (Wildman–Crippen LogP) is 4.18. The van der Waals surface area contributed by atoms with Gasteiger partial charge in [0, 0.05) is 18.6 Å². The van der Waals surface area contributed by atoms with Gasteiger partial charge in [-0.3, -0.25) is 10.0 Å². The van der Waals surface area contributed by atoms with Crippen LogP contribution in [0.3, 0.4) is 0 Å². The van der Waals surface area contributed by atoms with Crippen LogP contribution >= 0.6 is 0 Å². The van der Waals surface area contributed by atoms with E-state index >= 15 is 0 Å². The van der Waals surface area contributed by atoms with E-state index in [1.807, 2.05) is 5.01 Å². The molecule has 1 aliphatic heterocycles. The molecule has 0 aromatic rings. The van der Waals surface area contributed by atoms with Gasteiger partial charge in [-0.1, -0.05) is 43.7 Å². The van der Waals surface area contributed by atoms with Crippen LogP contribution in [-0.4, -0.2) is 40.7 Å². The number of rotatable bonds is 5. The molecule has 3 saturated carbocycles. The molecule has 3 fully saturated rings. The van der Waals surface area contributed by atoms with E-state index in [4.69, 9.17) is 0 Å². The summed E-state index contributed by atoms with van der Waals surface area (Å²) in [6.45, 7) is 0.912. The monoisotopic (exact) mass is 348 g/mol. The van der Waals surface area contributed by atoms with Crippen LogP contribution in [0.4, 0.5) is 0 Å². The van der Waals surface area contributed by atoms with Gasteiger partial charge < -0.3 is 10.8 Å². The molecule has 1 heterocycles. The molecule has 0 amide bonds. The summed E-state index contributed by atoms with van der Waals surface area (Å²) in [6.07, 6.45) is 16.4. The van der Waals surface area contributed by atoms with Crippen molar-refractivity contribution in [3.63, 3.8) is 0 Å².